The Balaban J connectivity index is 1.90. The number of amides is 1. The molecule has 1 aliphatic rings. The first kappa shape index (κ1) is 15.0. The lowest BCUT2D eigenvalue weighted by Crippen LogP contribution is -2.42. The minimum Gasteiger partial charge on any atom is -0.330 e. The van der Waals surface area contributed by atoms with Crippen LogP contribution in [-0.4, -0.2) is 37.0 Å². The zero-order valence-electron chi connectivity index (χ0n) is 12.5. The van der Waals surface area contributed by atoms with Crippen LogP contribution >= 0.6 is 0 Å². The van der Waals surface area contributed by atoms with Crippen molar-refractivity contribution < 1.29 is 4.79 Å². The Morgan fingerprint density at radius 1 is 1.45 bits per heavy atom. The molecule has 2 rings (SSSR count). The maximum Gasteiger partial charge on any atom is 0.238 e. The predicted molar refractivity (Wildman–Crippen MR) is 82.8 cm³/mol. The van der Waals surface area contributed by atoms with Crippen LogP contribution in [0.2, 0.25) is 0 Å². The number of nitrogens with two attached hydrogens (primary N) is 1. The van der Waals surface area contributed by atoms with Crippen molar-refractivity contribution in [3.05, 3.63) is 29.3 Å². The van der Waals surface area contributed by atoms with Gasteiger partial charge in [0.05, 0.1) is 6.54 Å². The molecule has 0 spiro atoms. The average molecular weight is 275 g/mol. The fourth-order valence-corrected chi connectivity index (χ4v) is 2.75. The van der Waals surface area contributed by atoms with E-state index in [4.69, 9.17) is 5.73 Å². The number of hydrogen-bond acceptors (Lipinski definition) is 3. The number of benzene rings is 1. The standard InChI is InChI=1S/C16H25N3O/c1-12-5-6-13(2)15(8-12)18-16(20)11-19-7-3-4-14(9-17)10-19/h5-6,8,14H,3-4,7,9-11,17H2,1-2H3,(H,18,20). The number of piperidine rings is 1. The summed E-state index contributed by atoms with van der Waals surface area (Å²) in [5.41, 5.74) is 8.91. The van der Waals surface area contributed by atoms with Gasteiger partial charge in [-0.25, -0.2) is 0 Å². The Bertz CT molecular complexity index is 473. The van der Waals surface area contributed by atoms with Crippen molar-refractivity contribution in [3.63, 3.8) is 0 Å². The lowest BCUT2D eigenvalue weighted by atomic mass is 9.98. The molecular weight excluding hydrogens is 250 g/mol. The molecule has 4 nitrogen and oxygen atoms in total. The van der Waals surface area contributed by atoms with E-state index in [0.29, 0.717) is 12.5 Å². The highest BCUT2D eigenvalue weighted by molar-refractivity contribution is 5.93. The largest absolute Gasteiger partial charge is 0.330 e. The van der Waals surface area contributed by atoms with Crippen molar-refractivity contribution >= 4 is 11.6 Å². The number of carbonyl (C=O) groups is 1. The quantitative estimate of drug-likeness (QED) is 0.882. The molecule has 1 aromatic rings. The number of carbonyl (C=O) groups excluding carboxylic acids is 1. The molecule has 1 saturated heterocycles. The summed E-state index contributed by atoms with van der Waals surface area (Å²) in [6.07, 6.45) is 2.32. The smallest absolute Gasteiger partial charge is 0.238 e. The number of hydrogen-bond donors (Lipinski definition) is 2. The van der Waals surface area contributed by atoms with Crippen LogP contribution in [0.5, 0.6) is 0 Å². The summed E-state index contributed by atoms with van der Waals surface area (Å²) in [5.74, 6) is 0.605. The zero-order chi connectivity index (χ0) is 14.5. The first-order chi connectivity index (χ1) is 9.58. The summed E-state index contributed by atoms with van der Waals surface area (Å²) < 4.78 is 0. The van der Waals surface area contributed by atoms with Crippen LogP contribution in [0.4, 0.5) is 5.69 Å². The highest BCUT2D eigenvalue weighted by atomic mass is 16.2. The van der Waals surface area contributed by atoms with Gasteiger partial charge in [0, 0.05) is 12.2 Å². The number of aryl methyl sites for hydroxylation is 2. The second-order valence-corrected chi connectivity index (χ2v) is 5.85. The maximum absolute atomic E-state index is 12.2. The van der Waals surface area contributed by atoms with Crippen LogP contribution in [0.1, 0.15) is 24.0 Å². The number of anilines is 1. The van der Waals surface area contributed by atoms with E-state index in [0.717, 1.165) is 42.9 Å². The third-order valence-corrected chi connectivity index (χ3v) is 3.97. The van der Waals surface area contributed by atoms with E-state index in [1.165, 1.54) is 6.42 Å². The SMILES string of the molecule is Cc1ccc(C)c(NC(=O)CN2CCCC(CN)C2)c1. The molecule has 1 heterocycles. The minimum atomic E-state index is 0.0661. The van der Waals surface area contributed by atoms with Gasteiger partial charge in [0.25, 0.3) is 0 Å². The van der Waals surface area contributed by atoms with E-state index in [1.54, 1.807) is 0 Å². The molecule has 1 aromatic carbocycles. The van der Waals surface area contributed by atoms with Crippen molar-refractivity contribution in [1.82, 2.24) is 4.90 Å². The Kier molecular flexibility index (Phi) is 5.15. The predicted octanol–water partition coefficient (Wildman–Crippen LogP) is 1.91. The Morgan fingerprint density at radius 2 is 2.25 bits per heavy atom. The summed E-state index contributed by atoms with van der Waals surface area (Å²) in [4.78, 5) is 14.4. The lowest BCUT2D eigenvalue weighted by Gasteiger charge is -2.31. The topological polar surface area (TPSA) is 58.4 Å². The van der Waals surface area contributed by atoms with E-state index in [-0.39, 0.29) is 5.91 Å². The number of nitrogens with zero attached hydrogens (tertiary/aromatic N) is 1. The Hall–Kier alpha value is -1.39. The fourth-order valence-electron chi connectivity index (χ4n) is 2.75. The molecule has 0 bridgehead atoms. The fraction of sp³-hybridized carbons (Fsp3) is 0.562. The lowest BCUT2D eigenvalue weighted by molar-refractivity contribution is -0.117. The first-order valence-corrected chi connectivity index (χ1v) is 7.38. The van der Waals surface area contributed by atoms with Crippen LogP contribution in [0.15, 0.2) is 18.2 Å². The zero-order valence-corrected chi connectivity index (χ0v) is 12.5. The van der Waals surface area contributed by atoms with Gasteiger partial charge in [-0.2, -0.15) is 0 Å². The van der Waals surface area contributed by atoms with E-state index < -0.39 is 0 Å². The maximum atomic E-state index is 12.2. The van der Waals surface area contributed by atoms with Crippen LogP contribution in [0.25, 0.3) is 0 Å². The van der Waals surface area contributed by atoms with E-state index in [2.05, 4.69) is 16.3 Å². The molecule has 20 heavy (non-hydrogen) atoms. The van der Waals surface area contributed by atoms with Crippen molar-refractivity contribution in [1.29, 1.82) is 0 Å². The van der Waals surface area contributed by atoms with Gasteiger partial charge in [0.2, 0.25) is 5.91 Å². The van der Waals surface area contributed by atoms with Crippen LogP contribution in [0, 0.1) is 19.8 Å². The van der Waals surface area contributed by atoms with Crippen molar-refractivity contribution in [2.45, 2.75) is 26.7 Å². The summed E-state index contributed by atoms with van der Waals surface area (Å²) >= 11 is 0. The van der Waals surface area contributed by atoms with Crippen LogP contribution in [-0.2, 0) is 4.79 Å². The van der Waals surface area contributed by atoms with Gasteiger partial charge < -0.3 is 11.1 Å². The molecule has 1 amide bonds. The van der Waals surface area contributed by atoms with Gasteiger partial charge >= 0.3 is 0 Å². The monoisotopic (exact) mass is 275 g/mol. The molecular formula is C16H25N3O. The van der Waals surface area contributed by atoms with Crippen molar-refractivity contribution in [2.24, 2.45) is 11.7 Å². The highest BCUT2D eigenvalue weighted by Gasteiger charge is 2.20. The Labute approximate surface area is 121 Å². The Morgan fingerprint density at radius 3 is 3.00 bits per heavy atom. The molecule has 1 aliphatic heterocycles. The minimum absolute atomic E-state index is 0.0661. The molecule has 1 unspecified atom stereocenters. The summed E-state index contributed by atoms with van der Waals surface area (Å²) in [6, 6.07) is 6.11. The van der Waals surface area contributed by atoms with Crippen LogP contribution in [0.3, 0.4) is 0 Å². The summed E-state index contributed by atoms with van der Waals surface area (Å²) in [5, 5.41) is 3.02. The molecule has 0 aromatic heterocycles. The molecule has 0 radical (unpaired) electrons. The van der Waals surface area contributed by atoms with Crippen molar-refractivity contribution in [3.8, 4) is 0 Å². The summed E-state index contributed by atoms with van der Waals surface area (Å²) in [7, 11) is 0. The van der Waals surface area contributed by atoms with E-state index in [1.807, 2.05) is 26.0 Å². The molecule has 0 aliphatic carbocycles. The average Bonchev–Trinajstić information content (AvgIpc) is 2.43. The van der Waals surface area contributed by atoms with E-state index >= 15 is 0 Å². The third kappa shape index (κ3) is 4.05. The second kappa shape index (κ2) is 6.86. The number of nitrogens with one attached hydrogen (secondary N) is 1. The highest BCUT2D eigenvalue weighted by Crippen LogP contribution is 2.17. The second-order valence-electron chi connectivity index (χ2n) is 5.85. The van der Waals surface area contributed by atoms with Gasteiger partial charge in [-0.1, -0.05) is 12.1 Å². The van der Waals surface area contributed by atoms with Crippen molar-refractivity contribution in [2.75, 3.05) is 31.5 Å². The molecule has 1 atom stereocenters. The number of rotatable bonds is 4. The van der Waals surface area contributed by atoms with Gasteiger partial charge in [0.15, 0.2) is 0 Å². The van der Waals surface area contributed by atoms with E-state index in [9.17, 15) is 4.79 Å². The van der Waals surface area contributed by atoms with Gasteiger partial charge in [0.1, 0.15) is 0 Å². The third-order valence-electron chi connectivity index (χ3n) is 3.97. The molecule has 4 heteroatoms. The normalized spacial score (nSPS) is 19.9. The first-order valence-electron chi connectivity index (χ1n) is 7.38. The molecule has 3 N–H and O–H groups in total. The molecule has 0 saturated carbocycles. The van der Waals surface area contributed by atoms with Gasteiger partial charge in [-0.15, -0.1) is 0 Å². The van der Waals surface area contributed by atoms with Gasteiger partial charge in [-0.3, -0.25) is 9.69 Å². The van der Waals surface area contributed by atoms with Gasteiger partial charge in [-0.05, 0) is 62.9 Å². The molecule has 110 valence electrons. The van der Waals surface area contributed by atoms with Crippen LogP contribution < -0.4 is 11.1 Å². The number of likely N-dealkylation sites (tertiary alicyclic amines) is 1. The summed E-state index contributed by atoms with van der Waals surface area (Å²) in [6.45, 7) is 7.17. The molecule has 1 fully saturated rings.